The van der Waals surface area contributed by atoms with Gasteiger partial charge in [0.25, 0.3) is 0 Å². The monoisotopic (exact) mass is 220 g/mol. The highest BCUT2D eigenvalue weighted by atomic mass is 16.5. The van der Waals surface area contributed by atoms with Crippen molar-refractivity contribution in [2.24, 2.45) is 0 Å². The number of carbonyl (C=O) groups is 1. The molecule has 0 saturated carbocycles. The van der Waals surface area contributed by atoms with Crippen LogP contribution in [-0.2, 0) is 11.3 Å². The number of Topliss-reactive ketones (excluding diaryl/α,β-unsaturated/α-hetero) is 1. The van der Waals surface area contributed by atoms with Crippen LogP contribution in [0.4, 0.5) is 0 Å². The predicted molar refractivity (Wildman–Crippen MR) is 60.3 cm³/mol. The van der Waals surface area contributed by atoms with Crippen molar-refractivity contribution in [3.8, 4) is 5.88 Å². The minimum absolute atomic E-state index is 0.378. The van der Waals surface area contributed by atoms with Gasteiger partial charge in [0.05, 0.1) is 7.11 Å². The largest absolute Gasteiger partial charge is 0.481 e. The molecule has 0 aliphatic carbocycles. The lowest BCUT2D eigenvalue weighted by molar-refractivity contribution is -0.121. The van der Waals surface area contributed by atoms with Gasteiger partial charge in [0, 0.05) is 44.7 Å². The van der Waals surface area contributed by atoms with E-state index in [0.717, 1.165) is 19.6 Å². The van der Waals surface area contributed by atoms with E-state index in [1.54, 1.807) is 13.3 Å². The van der Waals surface area contributed by atoms with Crippen LogP contribution >= 0.6 is 0 Å². The zero-order chi connectivity index (χ0) is 11.4. The maximum atomic E-state index is 11.1. The standard InChI is InChI=1S/C12H16N2O2/c1-16-12-8-10(2-5-13-12)9-14-6-3-11(15)4-7-14/h2,5,8H,3-4,6-7,9H2,1H3. The summed E-state index contributed by atoms with van der Waals surface area (Å²) in [5, 5.41) is 0. The molecule has 1 aliphatic heterocycles. The van der Waals surface area contributed by atoms with Crippen LogP contribution in [0.3, 0.4) is 0 Å². The van der Waals surface area contributed by atoms with E-state index in [4.69, 9.17) is 4.74 Å². The average Bonchev–Trinajstić information content (AvgIpc) is 2.32. The second kappa shape index (κ2) is 5.07. The first-order chi connectivity index (χ1) is 7.78. The van der Waals surface area contributed by atoms with Crippen molar-refractivity contribution >= 4 is 5.78 Å². The van der Waals surface area contributed by atoms with Crippen molar-refractivity contribution in [1.82, 2.24) is 9.88 Å². The third kappa shape index (κ3) is 2.79. The summed E-state index contributed by atoms with van der Waals surface area (Å²) in [7, 11) is 1.62. The number of aromatic nitrogens is 1. The Morgan fingerprint density at radius 3 is 2.88 bits per heavy atom. The van der Waals surface area contributed by atoms with Gasteiger partial charge in [0.1, 0.15) is 5.78 Å². The molecule has 16 heavy (non-hydrogen) atoms. The highest BCUT2D eigenvalue weighted by molar-refractivity contribution is 5.79. The third-order valence-corrected chi connectivity index (χ3v) is 2.83. The number of methoxy groups -OCH3 is 1. The summed E-state index contributed by atoms with van der Waals surface area (Å²) in [5.41, 5.74) is 1.18. The number of ether oxygens (including phenoxy) is 1. The zero-order valence-corrected chi connectivity index (χ0v) is 9.48. The number of nitrogens with zero attached hydrogens (tertiary/aromatic N) is 2. The van der Waals surface area contributed by atoms with Crippen molar-refractivity contribution in [2.45, 2.75) is 19.4 Å². The van der Waals surface area contributed by atoms with Crippen LogP contribution in [0.25, 0.3) is 0 Å². The first-order valence-corrected chi connectivity index (χ1v) is 5.51. The maximum Gasteiger partial charge on any atom is 0.213 e. The number of piperidine rings is 1. The number of carbonyl (C=O) groups excluding carboxylic acids is 1. The highest BCUT2D eigenvalue weighted by Gasteiger charge is 2.16. The molecule has 4 nitrogen and oxygen atoms in total. The summed E-state index contributed by atoms with van der Waals surface area (Å²) in [5.74, 6) is 1.02. The lowest BCUT2D eigenvalue weighted by Crippen LogP contribution is -2.33. The molecule has 0 unspecified atom stereocenters. The Bertz CT molecular complexity index is 369. The summed E-state index contributed by atoms with van der Waals surface area (Å²) in [6.07, 6.45) is 3.12. The fourth-order valence-corrected chi connectivity index (χ4v) is 1.88. The van der Waals surface area contributed by atoms with Gasteiger partial charge in [0.15, 0.2) is 0 Å². The van der Waals surface area contributed by atoms with E-state index in [1.165, 1.54) is 5.56 Å². The molecule has 1 aromatic heterocycles. The average molecular weight is 220 g/mol. The van der Waals surface area contributed by atoms with Crippen LogP contribution < -0.4 is 4.74 Å². The second-order valence-electron chi connectivity index (χ2n) is 4.02. The molecule has 4 heteroatoms. The van der Waals surface area contributed by atoms with E-state index in [1.807, 2.05) is 12.1 Å². The van der Waals surface area contributed by atoms with Crippen LogP contribution in [-0.4, -0.2) is 35.9 Å². The van der Waals surface area contributed by atoms with E-state index in [9.17, 15) is 4.79 Å². The predicted octanol–water partition coefficient (Wildman–Crippen LogP) is 1.26. The SMILES string of the molecule is COc1cc(CN2CCC(=O)CC2)ccn1. The van der Waals surface area contributed by atoms with Gasteiger partial charge in [-0.15, -0.1) is 0 Å². The Hall–Kier alpha value is -1.42. The highest BCUT2D eigenvalue weighted by Crippen LogP contribution is 2.13. The van der Waals surface area contributed by atoms with E-state index in [0.29, 0.717) is 24.5 Å². The van der Waals surface area contributed by atoms with Crippen molar-refractivity contribution in [1.29, 1.82) is 0 Å². The first kappa shape index (κ1) is 11.1. The Morgan fingerprint density at radius 1 is 1.44 bits per heavy atom. The minimum atomic E-state index is 0.378. The van der Waals surface area contributed by atoms with Crippen LogP contribution in [0.5, 0.6) is 5.88 Å². The number of likely N-dealkylation sites (tertiary alicyclic amines) is 1. The molecule has 0 amide bonds. The van der Waals surface area contributed by atoms with E-state index < -0.39 is 0 Å². The van der Waals surface area contributed by atoms with Crippen molar-refractivity contribution < 1.29 is 9.53 Å². The van der Waals surface area contributed by atoms with Gasteiger partial charge in [-0.05, 0) is 11.6 Å². The number of hydrogen-bond donors (Lipinski definition) is 0. The van der Waals surface area contributed by atoms with Crippen molar-refractivity contribution in [3.05, 3.63) is 23.9 Å². The van der Waals surface area contributed by atoms with Crippen molar-refractivity contribution in [2.75, 3.05) is 20.2 Å². The Labute approximate surface area is 95.2 Å². The molecule has 86 valence electrons. The summed E-state index contributed by atoms with van der Waals surface area (Å²) in [6.45, 7) is 2.60. The molecule has 0 N–H and O–H groups in total. The molecule has 1 aromatic rings. The van der Waals surface area contributed by atoms with Crippen LogP contribution in [0.1, 0.15) is 18.4 Å². The molecular weight excluding hydrogens is 204 g/mol. The summed E-state index contributed by atoms with van der Waals surface area (Å²) < 4.78 is 5.08. The molecule has 1 aliphatic rings. The smallest absolute Gasteiger partial charge is 0.213 e. The topological polar surface area (TPSA) is 42.4 Å². The van der Waals surface area contributed by atoms with Crippen molar-refractivity contribution in [3.63, 3.8) is 0 Å². The molecular formula is C12H16N2O2. The first-order valence-electron chi connectivity index (χ1n) is 5.51. The Balaban J connectivity index is 1.95. The molecule has 0 atom stereocenters. The quantitative estimate of drug-likeness (QED) is 0.769. The van der Waals surface area contributed by atoms with E-state index >= 15 is 0 Å². The summed E-state index contributed by atoms with van der Waals surface area (Å²) in [4.78, 5) is 17.5. The molecule has 0 aromatic carbocycles. The normalized spacial score (nSPS) is 17.4. The lowest BCUT2D eigenvalue weighted by atomic mass is 10.1. The van der Waals surface area contributed by atoms with Crippen LogP contribution in [0.2, 0.25) is 0 Å². The fourth-order valence-electron chi connectivity index (χ4n) is 1.88. The molecule has 1 saturated heterocycles. The molecule has 1 fully saturated rings. The third-order valence-electron chi connectivity index (χ3n) is 2.83. The fraction of sp³-hybridized carbons (Fsp3) is 0.500. The van der Waals surface area contributed by atoms with Gasteiger partial charge in [0.2, 0.25) is 5.88 Å². The zero-order valence-electron chi connectivity index (χ0n) is 9.48. The number of hydrogen-bond acceptors (Lipinski definition) is 4. The van der Waals surface area contributed by atoms with Gasteiger partial charge >= 0.3 is 0 Å². The minimum Gasteiger partial charge on any atom is -0.481 e. The van der Waals surface area contributed by atoms with Gasteiger partial charge in [-0.25, -0.2) is 4.98 Å². The molecule has 0 bridgehead atoms. The summed E-state index contributed by atoms with van der Waals surface area (Å²) in [6, 6.07) is 3.93. The van der Waals surface area contributed by atoms with Gasteiger partial charge < -0.3 is 4.74 Å². The van der Waals surface area contributed by atoms with Crippen LogP contribution in [0.15, 0.2) is 18.3 Å². The number of pyridine rings is 1. The molecule has 0 spiro atoms. The maximum absolute atomic E-state index is 11.1. The van der Waals surface area contributed by atoms with Gasteiger partial charge in [-0.1, -0.05) is 0 Å². The van der Waals surface area contributed by atoms with Crippen LogP contribution in [0, 0.1) is 0 Å². The van der Waals surface area contributed by atoms with E-state index in [-0.39, 0.29) is 0 Å². The summed E-state index contributed by atoms with van der Waals surface area (Å²) >= 11 is 0. The number of ketones is 1. The Morgan fingerprint density at radius 2 is 2.19 bits per heavy atom. The Kier molecular flexibility index (Phi) is 3.51. The van der Waals surface area contributed by atoms with Gasteiger partial charge in [-0.2, -0.15) is 0 Å². The number of rotatable bonds is 3. The molecule has 2 rings (SSSR count). The van der Waals surface area contributed by atoms with E-state index in [2.05, 4.69) is 9.88 Å². The lowest BCUT2D eigenvalue weighted by Gasteiger charge is -2.25. The molecule has 2 heterocycles. The van der Waals surface area contributed by atoms with Gasteiger partial charge in [-0.3, -0.25) is 9.69 Å². The second-order valence-corrected chi connectivity index (χ2v) is 4.02. The molecule has 0 radical (unpaired) electrons.